The lowest BCUT2D eigenvalue weighted by atomic mass is 10.2. The zero-order valence-electron chi connectivity index (χ0n) is 7.99. The Hall–Kier alpha value is -1.42. The third kappa shape index (κ3) is 1.90. The largest absolute Gasteiger partial charge is 0.508 e. The molecule has 0 unspecified atom stereocenters. The summed E-state index contributed by atoms with van der Waals surface area (Å²) in [7, 11) is 0. The first-order valence-electron chi connectivity index (χ1n) is 4.44. The molecule has 0 bridgehead atoms. The third-order valence-corrected chi connectivity index (χ3v) is 2.17. The highest BCUT2D eigenvalue weighted by atomic mass is 16.6. The summed E-state index contributed by atoms with van der Waals surface area (Å²) < 4.78 is 10.6. The molecule has 1 saturated heterocycles. The molecule has 2 rings (SSSR count). The molecule has 76 valence electrons. The van der Waals surface area contributed by atoms with Gasteiger partial charge in [-0.1, -0.05) is 0 Å². The van der Waals surface area contributed by atoms with E-state index < -0.39 is 0 Å². The van der Waals surface area contributed by atoms with Crippen molar-refractivity contribution in [2.45, 2.75) is 12.5 Å². The molecule has 0 amide bonds. The maximum Gasteiger partial charge on any atom is 0.146 e. The van der Waals surface area contributed by atoms with Crippen LogP contribution in [-0.2, 0) is 4.74 Å². The number of hydrogen-bond acceptors (Lipinski definition) is 4. The first kappa shape index (κ1) is 9.15. The van der Waals surface area contributed by atoms with Crippen LogP contribution < -0.4 is 10.5 Å². The molecule has 1 aromatic rings. The van der Waals surface area contributed by atoms with Crippen molar-refractivity contribution >= 4 is 5.69 Å². The summed E-state index contributed by atoms with van der Waals surface area (Å²) in [5.41, 5.74) is 6.01. The number of epoxide rings is 1. The van der Waals surface area contributed by atoms with E-state index in [1.165, 1.54) is 12.1 Å². The summed E-state index contributed by atoms with van der Waals surface area (Å²) in [4.78, 5) is 0. The molecule has 1 aliphatic heterocycles. The minimum atomic E-state index is -0.169. The molecule has 1 heterocycles. The Morgan fingerprint density at radius 1 is 1.64 bits per heavy atom. The first-order valence-corrected chi connectivity index (χ1v) is 4.44. The second-order valence-corrected chi connectivity index (χ2v) is 3.75. The monoisotopic (exact) mass is 195 g/mol. The molecule has 4 nitrogen and oxygen atoms in total. The molecular weight excluding hydrogens is 182 g/mol. The van der Waals surface area contributed by atoms with E-state index in [-0.39, 0.29) is 11.4 Å². The van der Waals surface area contributed by atoms with Crippen LogP contribution in [0.15, 0.2) is 18.2 Å². The first-order chi connectivity index (χ1) is 6.59. The average Bonchev–Trinajstić information content (AvgIpc) is 2.87. The fourth-order valence-corrected chi connectivity index (χ4v) is 1.08. The van der Waals surface area contributed by atoms with Gasteiger partial charge in [0, 0.05) is 6.07 Å². The molecule has 1 atom stereocenters. The molecule has 4 heteroatoms. The normalized spacial score (nSPS) is 24.6. The Kier molecular flexibility index (Phi) is 2.00. The highest BCUT2D eigenvalue weighted by molar-refractivity contribution is 5.55. The van der Waals surface area contributed by atoms with E-state index in [0.717, 1.165) is 0 Å². The molecule has 0 spiro atoms. The van der Waals surface area contributed by atoms with Gasteiger partial charge in [-0.3, -0.25) is 0 Å². The van der Waals surface area contributed by atoms with E-state index in [1.54, 1.807) is 6.07 Å². The van der Waals surface area contributed by atoms with Crippen LogP contribution in [0.25, 0.3) is 0 Å². The molecule has 14 heavy (non-hydrogen) atoms. The Bertz CT molecular complexity index is 347. The zero-order valence-corrected chi connectivity index (χ0v) is 7.99. The quantitative estimate of drug-likeness (QED) is 0.431. The van der Waals surface area contributed by atoms with Crippen LogP contribution in [0.1, 0.15) is 6.92 Å². The summed E-state index contributed by atoms with van der Waals surface area (Å²) in [6.45, 7) is 3.14. The molecule has 3 N–H and O–H groups in total. The van der Waals surface area contributed by atoms with Gasteiger partial charge in [-0.05, 0) is 19.1 Å². The highest BCUT2D eigenvalue weighted by Gasteiger charge is 2.40. The van der Waals surface area contributed by atoms with Crippen molar-refractivity contribution in [3.63, 3.8) is 0 Å². The van der Waals surface area contributed by atoms with Crippen molar-refractivity contribution in [3.8, 4) is 11.5 Å². The summed E-state index contributed by atoms with van der Waals surface area (Å²) in [6, 6.07) is 4.64. The Morgan fingerprint density at radius 2 is 2.36 bits per heavy atom. The summed E-state index contributed by atoms with van der Waals surface area (Å²) in [5, 5.41) is 9.22. The predicted octanol–water partition coefficient (Wildman–Crippen LogP) is 1.14. The Balaban J connectivity index is 2.04. The van der Waals surface area contributed by atoms with Gasteiger partial charge in [0.15, 0.2) is 0 Å². The van der Waals surface area contributed by atoms with Crippen molar-refractivity contribution in [2.24, 2.45) is 0 Å². The van der Waals surface area contributed by atoms with E-state index in [4.69, 9.17) is 15.2 Å². The number of phenolic OH excluding ortho intramolecular Hbond substituents is 1. The summed E-state index contributed by atoms with van der Waals surface area (Å²) >= 11 is 0. The van der Waals surface area contributed by atoms with Gasteiger partial charge in [0.1, 0.15) is 23.7 Å². The maximum atomic E-state index is 9.22. The predicted molar refractivity (Wildman–Crippen MR) is 52.4 cm³/mol. The van der Waals surface area contributed by atoms with Crippen molar-refractivity contribution in [2.75, 3.05) is 18.9 Å². The number of anilines is 1. The molecule has 0 aromatic heterocycles. The van der Waals surface area contributed by atoms with E-state index in [9.17, 15) is 5.11 Å². The van der Waals surface area contributed by atoms with Crippen LogP contribution in [-0.4, -0.2) is 23.9 Å². The number of aromatic hydroxyl groups is 1. The Labute approximate surface area is 82.2 Å². The lowest BCUT2D eigenvalue weighted by molar-refractivity contribution is 0.203. The van der Waals surface area contributed by atoms with Gasteiger partial charge in [0.05, 0.1) is 12.3 Å². The molecule has 1 aromatic carbocycles. The van der Waals surface area contributed by atoms with Crippen LogP contribution in [0.3, 0.4) is 0 Å². The van der Waals surface area contributed by atoms with E-state index in [1.807, 2.05) is 6.92 Å². The average molecular weight is 195 g/mol. The molecular formula is C10H13NO3. The van der Waals surface area contributed by atoms with Crippen molar-refractivity contribution in [1.29, 1.82) is 0 Å². The number of hydrogen-bond donors (Lipinski definition) is 2. The van der Waals surface area contributed by atoms with Gasteiger partial charge in [0.25, 0.3) is 0 Å². The minimum Gasteiger partial charge on any atom is -0.508 e. The van der Waals surface area contributed by atoms with Crippen LogP contribution in [0.2, 0.25) is 0 Å². The molecule has 0 radical (unpaired) electrons. The standard InChI is InChI=1S/C10H13NO3/c1-10(6-14-10)5-13-9-4-7(12)2-3-8(9)11/h2-4,12H,5-6,11H2,1H3/t10-/m1/s1. The van der Waals surface area contributed by atoms with Crippen LogP contribution >= 0.6 is 0 Å². The topological polar surface area (TPSA) is 68.0 Å². The summed E-state index contributed by atoms with van der Waals surface area (Å²) in [6.07, 6.45) is 0. The SMILES string of the molecule is C[C@@]1(COc2cc(O)ccc2N)CO1. The van der Waals surface area contributed by atoms with Gasteiger partial charge in [-0.2, -0.15) is 0 Å². The fraction of sp³-hybridized carbons (Fsp3) is 0.400. The number of phenols is 1. The summed E-state index contributed by atoms with van der Waals surface area (Å²) in [5.74, 6) is 0.651. The second kappa shape index (κ2) is 3.06. The minimum absolute atomic E-state index is 0.149. The van der Waals surface area contributed by atoms with E-state index in [2.05, 4.69) is 0 Å². The number of ether oxygens (including phenoxy) is 2. The van der Waals surface area contributed by atoms with Crippen LogP contribution in [0.4, 0.5) is 5.69 Å². The van der Waals surface area contributed by atoms with Crippen LogP contribution in [0, 0.1) is 0 Å². The van der Waals surface area contributed by atoms with Crippen molar-refractivity contribution < 1.29 is 14.6 Å². The lowest BCUT2D eigenvalue weighted by Crippen LogP contribution is -2.17. The molecule has 1 fully saturated rings. The smallest absolute Gasteiger partial charge is 0.146 e. The zero-order chi connectivity index (χ0) is 10.2. The maximum absolute atomic E-state index is 9.22. The van der Waals surface area contributed by atoms with Gasteiger partial charge in [0.2, 0.25) is 0 Å². The van der Waals surface area contributed by atoms with Gasteiger partial charge in [-0.15, -0.1) is 0 Å². The second-order valence-electron chi connectivity index (χ2n) is 3.75. The molecule has 1 aliphatic rings. The van der Waals surface area contributed by atoms with E-state index in [0.29, 0.717) is 24.7 Å². The van der Waals surface area contributed by atoms with Gasteiger partial charge >= 0.3 is 0 Å². The highest BCUT2D eigenvalue weighted by Crippen LogP contribution is 2.30. The number of benzene rings is 1. The van der Waals surface area contributed by atoms with E-state index >= 15 is 0 Å². The van der Waals surface area contributed by atoms with Gasteiger partial charge in [-0.25, -0.2) is 0 Å². The van der Waals surface area contributed by atoms with Crippen LogP contribution in [0.5, 0.6) is 11.5 Å². The van der Waals surface area contributed by atoms with Gasteiger partial charge < -0.3 is 20.3 Å². The fourth-order valence-electron chi connectivity index (χ4n) is 1.08. The number of nitrogens with two attached hydrogens (primary N) is 1. The Morgan fingerprint density at radius 3 is 3.00 bits per heavy atom. The molecule has 0 aliphatic carbocycles. The van der Waals surface area contributed by atoms with Crippen molar-refractivity contribution in [3.05, 3.63) is 18.2 Å². The third-order valence-electron chi connectivity index (χ3n) is 2.17. The van der Waals surface area contributed by atoms with Crippen molar-refractivity contribution in [1.82, 2.24) is 0 Å². The lowest BCUT2D eigenvalue weighted by Gasteiger charge is -2.10. The number of nitrogen functional groups attached to an aromatic ring is 1. The molecule has 0 saturated carbocycles. The number of rotatable bonds is 3.